The summed E-state index contributed by atoms with van der Waals surface area (Å²) in [4.78, 5) is 25.2. The number of halogens is 2. The predicted molar refractivity (Wildman–Crippen MR) is 157 cm³/mol. The molecule has 4 aliphatic rings. The molecule has 6 rings (SSSR count). The van der Waals surface area contributed by atoms with Crippen LogP contribution in [0, 0.1) is 11.2 Å². The van der Waals surface area contributed by atoms with Crippen LogP contribution in [0.5, 0.6) is 5.75 Å². The van der Waals surface area contributed by atoms with Crippen molar-refractivity contribution < 1.29 is 28.2 Å². The average molecular weight is 581 g/mol. The van der Waals surface area contributed by atoms with E-state index in [9.17, 15) is 14.7 Å². The highest BCUT2D eigenvalue weighted by atomic mass is 19.1. The standard InChI is InChI=1S/C34H42F2N2O4/c1-32(2,31(40)41)22-10-13-28(26(16-22)25-8-4-9-27(35)29(25)21-6-3-7-21)42-24-12-11-23(17-24)38-30(39)34(36)18-33(14-5-15-33)19-37-20-34/h4,8-10,13,16,21,23-24,37H,3,5-7,11-12,14-15,17-20H2,1-2H3,(H,38,39)(H,40,41)/t23-,24-,34+/m1/s1. The van der Waals surface area contributed by atoms with Gasteiger partial charge < -0.3 is 20.5 Å². The monoisotopic (exact) mass is 580 g/mol. The molecular formula is C34H42F2N2O4. The molecule has 3 atom stereocenters. The fourth-order valence-corrected chi connectivity index (χ4v) is 7.35. The van der Waals surface area contributed by atoms with E-state index in [-0.39, 0.29) is 42.3 Å². The Morgan fingerprint density at radius 3 is 2.50 bits per heavy atom. The van der Waals surface area contributed by atoms with Crippen molar-refractivity contribution in [2.75, 3.05) is 13.1 Å². The first-order valence-corrected chi connectivity index (χ1v) is 15.5. The largest absolute Gasteiger partial charge is 0.490 e. The summed E-state index contributed by atoms with van der Waals surface area (Å²) in [5.41, 5.74) is -0.447. The van der Waals surface area contributed by atoms with Gasteiger partial charge in [-0.1, -0.05) is 31.0 Å². The molecule has 4 fully saturated rings. The number of piperidine rings is 1. The molecule has 2 aromatic carbocycles. The van der Waals surface area contributed by atoms with E-state index in [2.05, 4.69) is 10.6 Å². The maximum absolute atomic E-state index is 15.8. The summed E-state index contributed by atoms with van der Waals surface area (Å²) in [6.07, 6.45) is 7.90. The summed E-state index contributed by atoms with van der Waals surface area (Å²) in [7, 11) is 0. The van der Waals surface area contributed by atoms with Crippen molar-refractivity contribution in [3.8, 4) is 16.9 Å². The van der Waals surface area contributed by atoms with Crippen LogP contribution in [0.2, 0.25) is 0 Å². The number of ether oxygens (including phenoxy) is 1. The maximum Gasteiger partial charge on any atom is 0.313 e. The summed E-state index contributed by atoms with van der Waals surface area (Å²) in [6.45, 7) is 4.14. The van der Waals surface area contributed by atoms with Crippen LogP contribution in [0.3, 0.4) is 0 Å². The molecule has 1 spiro atoms. The molecule has 0 bridgehead atoms. The summed E-state index contributed by atoms with van der Waals surface area (Å²) in [6, 6.07) is 10.3. The molecule has 3 N–H and O–H groups in total. The zero-order chi connectivity index (χ0) is 29.7. The van der Waals surface area contributed by atoms with Gasteiger partial charge in [-0.15, -0.1) is 0 Å². The van der Waals surface area contributed by atoms with Crippen molar-refractivity contribution >= 4 is 11.9 Å². The highest BCUT2D eigenvalue weighted by Gasteiger charge is 2.52. The topological polar surface area (TPSA) is 87.7 Å². The van der Waals surface area contributed by atoms with Gasteiger partial charge in [-0.3, -0.25) is 9.59 Å². The van der Waals surface area contributed by atoms with E-state index >= 15 is 8.78 Å². The van der Waals surface area contributed by atoms with E-state index in [4.69, 9.17) is 4.74 Å². The van der Waals surface area contributed by atoms with Crippen LogP contribution >= 0.6 is 0 Å². The van der Waals surface area contributed by atoms with Gasteiger partial charge in [-0.25, -0.2) is 8.78 Å². The van der Waals surface area contributed by atoms with Crippen molar-refractivity contribution in [3.63, 3.8) is 0 Å². The first-order valence-electron chi connectivity index (χ1n) is 15.5. The molecule has 2 aromatic rings. The Morgan fingerprint density at radius 1 is 1.05 bits per heavy atom. The van der Waals surface area contributed by atoms with E-state index in [0.717, 1.165) is 50.6 Å². The fraction of sp³-hybridized carbons (Fsp3) is 0.588. The zero-order valence-corrected chi connectivity index (χ0v) is 24.6. The lowest BCUT2D eigenvalue weighted by molar-refractivity contribution is -0.142. The van der Waals surface area contributed by atoms with Crippen molar-refractivity contribution in [1.82, 2.24) is 10.6 Å². The third kappa shape index (κ3) is 5.31. The molecule has 0 unspecified atom stereocenters. The van der Waals surface area contributed by atoms with Gasteiger partial charge in [0.2, 0.25) is 5.67 Å². The number of carboxylic acid groups (broad SMARTS) is 1. The SMILES string of the molecule is CC(C)(C(=O)O)c1ccc(O[C@@H]2CC[C@@H](NC(=O)[C@@]3(F)CNCC4(CCC4)C3)C2)c(-c2cccc(F)c2C2CCC2)c1. The summed E-state index contributed by atoms with van der Waals surface area (Å²) in [5, 5.41) is 16.0. The number of aliphatic carboxylic acids is 1. The number of rotatable bonds is 8. The van der Waals surface area contributed by atoms with Crippen LogP contribution in [-0.4, -0.2) is 47.9 Å². The summed E-state index contributed by atoms with van der Waals surface area (Å²) >= 11 is 0. The van der Waals surface area contributed by atoms with Crippen LogP contribution in [0.1, 0.15) is 95.1 Å². The van der Waals surface area contributed by atoms with E-state index < -0.39 is 23.0 Å². The van der Waals surface area contributed by atoms with Crippen molar-refractivity contribution in [3.05, 3.63) is 53.3 Å². The lowest BCUT2D eigenvalue weighted by atomic mass is 9.61. The van der Waals surface area contributed by atoms with Gasteiger partial charge in [-0.2, -0.15) is 0 Å². The molecule has 6 nitrogen and oxygen atoms in total. The third-order valence-corrected chi connectivity index (χ3v) is 10.5. The number of carboxylic acids is 1. The molecule has 0 aromatic heterocycles. The van der Waals surface area contributed by atoms with Crippen LogP contribution in [0.25, 0.3) is 11.1 Å². The molecule has 1 amide bonds. The van der Waals surface area contributed by atoms with Crippen molar-refractivity contribution in [1.29, 1.82) is 0 Å². The predicted octanol–water partition coefficient (Wildman–Crippen LogP) is 6.41. The normalized spacial score (nSPS) is 27.2. The minimum atomic E-state index is -1.90. The lowest BCUT2D eigenvalue weighted by Crippen LogP contribution is -2.61. The van der Waals surface area contributed by atoms with Gasteiger partial charge in [0.25, 0.3) is 5.91 Å². The molecule has 8 heteroatoms. The Balaban J connectivity index is 1.22. The third-order valence-electron chi connectivity index (χ3n) is 10.5. The molecule has 1 aliphatic heterocycles. The second-order valence-electron chi connectivity index (χ2n) is 13.8. The Hall–Kier alpha value is -3.00. The first-order chi connectivity index (χ1) is 20.0. The summed E-state index contributed by atoms with van der Waals surface area (Å²) in [5.74, 6) is -1.05. The van der Waals surface area contributed by atoms with Crippen molar-refractivity contribution in [2.24, 2.45) is 5.41 Å². The Bertz CT molecular complexity index is 1370. The fourth-order valence-electron chi connectivity index (χ4n) is 7.35. The van der Waals surface area contributed by atoms with Gasteiger partial charge in [0, 0.05) is 31.1 Å². The number of nitrogens with one attached hydrogen (secondary N) is 2. The highest BCUT2D eigenvalue weighted by molar-refractivity contribution is 5.86. The number of carbonyl (C=O) groups excluding carboxylic acids is 1. The number of amides is 1. The molecule has 42 heavy (non-hydrogen) atoms. The molecular weight excluding hydrogens is 538 g/mol. The molecule has 3 aliphatic carbocycles. The van der Waals surface area contributed by atoms with Crippen LogP contribution in [0.15, 0.2) is 36.4 Å². The zero-order valence-electron chi connectivity index (χ0n) is 24.6. The first kappa shape index (κ1) is 29.1. The van der Waals surface area contributed by atoms with Crippen molar-refractivity contribution in [2.45, 2.75) is 107 Å². The summed E-state index contributed by atoms with van der Waals surface area (Å²) < 4.78 is 37.6. The number of alkyl halides is 1. The van der Waals surface area contributed by atoms with E-state index in [1.165, 1.54) is 6.07 Å². The van der Waals surface area contributed by atoms with E-state index in [0.29, 0.717) is 41.7 Å². The molecule has 3 saturated carbocycles. The van der Waals surface area contributed by atoms with Crippen LogP contribution in [-0.2, 0) is 15.0 Å². The number of hydrogen-bond donors (Lipinski definition) is 3. The highest BCUT2D eigenvalue weighted by Crippen LogP contribution is 2.49. The average Bonchev–Trinajstić information content (AvgIpc) is 3.34. The molecule has 226 valence electrons. The van der Waals surface area contributed by atoms with E-state index in [1.54, 1.807) is 32.0 Å². The Morgan fingerprint density at radius 2 is 1.83 bits per heavy atom. The maximum atomic E-state index is 15.8. The minimum Gasteiger partial charge on any atom is -0.490 e. The number of carbonyl (C=O) groups is 2. The molecule has 1 saturated heterocycles. The van der Waals surface area contributed by atoms with Gasteiger partial charge in [0.15, 0.2) is 0 Å². The molecule has 1 heterocycles. The van der Waals surface area contributed by atoms with Gasteiger partial charge in [0.1, 0.15) is 17.7 Å². The second kappa shape index (κ2) is 10.9. The Kier molecular flexibility index (Phi) is 7.57. The number of hydrogen-bond acceptors (Lipinski definition) is 4. The van der Waals surface area contributed by atoms with E-state index in [1.807, 2.05) is 12.1 Å². The molecule has 0 radical (unpaired) electrons. The quantitative estimate of drug-likeness (QED) is 0.336. The second-order valence-corrected chi connectivity index (χ2v) is 13.8. The van der Waals surface area contributed by atoms with Crippen LogP contribution < -0.4 is 15.4 Å². The van der Waals surface area contributed by atoms with Gasteiger partial charge in [0.05, 0.1) is 5.41 Å². The minimum absolute atomic E-state index is 0.0482. The number of benzene rings is 2. The lowest BCUT2D eigenvalue weighted by Gasteiger charge is -2.49. The van der Waals surface area contributed by atoms with Gasteiger partial charge >= 0.3 is 5.97 Å². The Labute approximate surface area is 246 Å². The van der Waals surface area contributed by atoms with Gasteiger partial charge in [-0.05, 0) is 105 Å². The smallest absolute Gasteiger partial charge is 0.313 e. The van der Waals surface area contributed by atoms with Crippen LogP contribution in [0.4, 0.5) is 8.78 Å².